The molecule has 1 heterocycles. The van der Waals surface area contributed by atoms with Crippen molar-refractivity contribution in [3.8, 4) is 5.75 Å². The highest BCUT2D eigenvalue weighted by Crippen LogP contribution is 2.48. The molecule has 1 aliphatic heterocycles. The largest absolute Gasteiger partial charge is 0.492 e. The summed E-state index contributed by atoms with van der Waals surface area (Å²) in [6.07, 6.45) is 15.2. The highest BCUT2D eigenvalue weighted by atomic mass is 16.5. The fourth-order valence-corrected chi connectivity index (χ4v) is 4.89. The second-order valence-corrected chi connectivity index (χ2v) is 10.6. The number of carbonyl (C=O) groups is 2. The number of unbranched alkanes of at least 4 members (excludes halogenated alkanes) is 3. The van der Waals surface area contributed by atoms with Crippen LogP contribution in [0.3, 0.4) is 0 Å². The summed E-state index contributed by atoms with van der Waals surface area (Å²) in [6, 6.07) is 4.31. The lowest BCUT2D eigenvalue weighted by molar-refractivity contribution is -0.110. The summed E-state index contributed by atoms with van der Waals surface area (Å²) in [7, 11) is 3.75. The Bertz CT molecular complexity index is 788. The summed E-state index contributed by atoms with van der Waals surface area (Å²) >= 11 is 0. The number of ketones is 1. The van der Waals surface area contributed by atoms with Crippen LogP contribution in [-0.2, 0) is 16.6 Å². The van der Waals surface area contributed by atoms with Crippen LogP contribution in [0.4, 0.5) is 0 Å². The monoisotopic (exact) mass is 515 g/mol. The van der Waals surface area contributed by atoms with Crippen LogP contribution in [0, 0.1) is 11.8 Å². The highest BCUT2D eigenvalue weighted by Gasteiger charge is 2.41. The molecular formula is C33H57NO3. The standard InChI is InChI=1S/C24H38O2.C7H12O.C2H7N/c1-6-10-11-12-16-24(15-7-2)17-26-23-19(9-4)20(13-14-21(23)24)22(25)18(5)8-3;1-3-4-5-7(2)6-8;1-3-2/h13-14,18H,6-12,15-17H2,1-5H3;3,6-7H,1,4-5H2,2H3;3H,1-2H3. The van der Waals surface area contributed by atoms with E-state index in [9.17, 15) is 9.59 Å². The molecule has 1 N–H and O–H groups in total. The lowest BCUT2D eigenvalue weighted by atomic mass is 9.73. The van der Waals surface area contributed by atoms with Crippen molar-refractivity contribution in [1.82, 2.24) is 5.32 Å². The summed E-state index contributed by atoms with van der Waals surface area (Å²) < 4.78 is 6.30. The van der Waals surface area contributed by atoms with E-state index in [2.05, 4.69) is 51.7 Å². The maximum absolute atomic E-state index is 12.8. The van der Waals surface area contributed by atoms with E-state index in [0.717, 1.165) is 55.5 Å². The zero-order chi connectivity index (χ0) is 28.3. The van der Waals surface area contributed by atoms with Crippen molar-refractivity contribution in [3.05, 3.63) is 41.5 Å². The molecular weight excluding hydrogens is 458 g/mol. The summed E-state index contributed by atoms with van der Waals surface area (Å²) in [5.74, 6) is 1.58. The van der Waals surface area contributed by atoms with E-state index in [0.29, 0.717) is 0 Å². The third-order valence-corrected chi connectivity index (χ3v) is 7.30. The quantitative estimate of drug-likeness (QED) is 0.110. The Morgan fingerprint density at radius 1 is 1.08 bits per heavy atom. The molecule has 0 saturated carbocycles. The topological polar surface area (TPSA) is 55.4 Å². The first-order valence-corrected chi connectivity index (χ1v) is 14.7. The van der Waals surface area contributed by atoms with E-state index in [-0.39, 0.29) is 23.0 Å². The van der Waals surface area contributed by atoms with Gasteiger partial charge >= 0.3 is 0 Å². The molecule has 0 spiro atoms. The number of nitrogens with one attached hydrogen (secondary N) is 1. The Kier molecular flexibility index (Phi) is 19.0. The molecule has 0 aromatic heterocycles. The van der Waals surface area contributed by atoms with Crippen molar-refractivity contribution >= 4 is 12.1 Å². The second kappa shape index (κ2) is 20.1. The van der Waals surface area contributed by atoms with E-state index in [1.807, 2.05) is 34.0 Å². The van der Waals surface area contributed by atoms with Crippen LogP contribution in [0.15, 0.2) is 24.8 Å². The van der Waals surface area contributed by atoms with Gasteiger partial charge in [-0.2, -0.15) is 0 Å². The van der Waals surface area contributed by atoms with Crippen molar-refractivity contribution in [3.63, 3.8) is 0 Å². The minimum atomic E-state index is 0.0780. The molecule has 3 atom stereocenters. The Labute approximate surface area is 229 Å². The number of fused-ring (bicyclic) bond motifs is 1. The van der Waals surface area contributed by atoms with Gasteiger partial charge in [0.1, 0.15) is 12.0 Å². The summed E-state index contributed by atoms with van der Waals surface area (Å²) in [5.41, 5.74) is 3.55. The molecule has 3 unspecified atom stereocenters. The van der Waals surface area contributed by atoms with Crippen LogP contribution in [0.25, 0.3) is 0 Å². The van der Waals surface area contributed by atoms with E-state index in [4.69, 9.17) is 4.74 Å². The third-order valence-electron chi connectivity index (χ3n) is 7.30. The number of hydrogen-bond acceptors (Lipinski definition) is 4. The number of hydrogen-bond donors (Lipinski definition) is 1. The van der Waals surface area contributed by atoms with Gasteiger partial charge in [-0.15, -0.1) is 6.58 Å². The van der Waals surface area contributed by atoms with Gasteiger partial charge in [-0.25, -0.2) is 0 Å². The number of carbonyl (C=O) groups excluding carboxylic acids is 2. The molecule has 0 amide bonds. The molecule has 0 aliphatic carbocycles. The summed E-state index contributed by atoms with van der Waals surface area (Å²) in [5, 5.41) is 2.75. The minimum absolute atomic E-state index is 0.0780. The molecule has 1 aromatic rings. The number of Topliss-reactive ketones (excluding diaryl/α,β-unsaturated/α-hetero) is 1. The van der Waals surface area contributed by atoms with Gasteiger partial charge in [0.25, 0.3) is 0 Å². The molecule has 0 radical (unpaired) electrons. The summed E-state index contributed by atoms with van der Waals surface area (Å²) in [4.78, 5) is 22.8. The predicted molar refractivity (Wildman–Crippen MR) is 160 cm³/mol. The predicted octanol–water partition coefficient (Wildman–Crippen LogP) is 8.50. The van der Waals surface area contributed by atoms with E-state index in [1.165, 1.54) is 50.5 Å². The van der Waals surface area contributed by atoms with Crippen molar-refractivity contribution in [1.29, 1.82) is 0 Å². The smallest absolute Gasteiger partial charge is 0.166 e. The maximum atomic E-state index is 12.8. The molecule has 4 heteroatoms. The van der Waals surface area contributed by atoms with Crippen molar-refractivity contribution < 1.29 is 14.3 Å². The molecule has 1 aliphatic rings. The van der Waals surface area contributed by atoms with Gasteiger partial charge < -0.3 is 14.8 Å². The van der Waals surface area contributed by atoms with Crippen LogP contribution in [0.2, 0.25) is 0 Å². The molecule has 0 saturated heterocycles. The fraction of sp³-hybridized carbons (Fsp3) is 0.697. The number of allylic oxidation sites excluding steroid dienone is 1. The van der Waals surface area contributed by atoms with Gasteiger partial charge in [0.2, 0.25) is 0 Å². The number of rotatable bonds is 15. The molecule has 37 heavy (non-hydrogen) atoms. The van der Waals surface area contributed by atoms with Crippen molar-refractivity contribution in [2.45, 2.75) is 118 Å². The van der Waals surface area contributed by atoms with Crippen molar-refractivity contribution in [2.24, 2.45) is 11.8 Å². The first-order valence-electron chi connectivity index (χ1n) is 14.7. The average Bonchev–Trinajstić information content (AvgIpc) is 3.27. The van der Waals surface area contributed by atoms with Gasteiger partial charge in [0.05, 0.1) is 6.61 Å². The van der Waals surface area contributed by atoms with Gasteiger partial charge in [0, 0.05) is 33.9 Å². The van der Waals surface area contributed by atoms with Crippen LogP contribution >= 0.6 is 0 Å². The first-order chi connectivity index (χ1) is 17.8. The average molecular weight is 516 g/mol. The molecule has 2 rings (SSSR count). The van der Waals surface area contributed by atoms with Crippen LogP contribution in [0.5, 0.6) is 5.75 Å². The molecule has 212 valence electrons. The Hall–Kier alpha value is -1.94. The zero-order valence-electron chi connectivity index (χ0n) is 25.4. The van der Waals surface area contributed by atoms with Crippen molar-refractivity contribution in [2.75, 3.05) is 20.7 Å². The first kappa shape index (κ1) is 35.1. The number of ether oxygens (including phenoxy) is 1. The van der Waals surface area contributed by atoms with Gasteiger partial charge in [-0.1, -0.05) is 91.9 Å². The molecule has 1 aromatic carbocycles. The Balaban J connectivity index is 0.000000992. The third kappa shape index (κ3) is 11.1. The van der Waals surface area contributed by atoms with Crippen LogP contribution < -0.4 is 10.1 Å². The highest BCUT2D eigenvalue weighted by molar-refractivity contribution is 5.99. The lowest BCUT2D eigenvalue weighted by Crippen LogP contribution is -2.28. The lowest BCUT2D eigenvalue weighted by Gasteiger charge is -2.28. The fourth-order valence-electron chi connectivity index (χ4n) is 4.89. The number of benzene rings is 1. The Morgan fingerprint density at radius 2 is 1.76 bits per heavy atom. The zero-order valence-corrected chi connectivity index (χ0v) is 25.4. The van der Waals surface area contributed by atoms with Gasteiger partial charge in [-0.3, -0.25) is 4.79 Å². The van der Waals surface area contributed by atoms with Gasteiger partial charge in [-0.05, 0) is 52.6 Å². The van der Waals surface area contributed by atoms with Crippen LogP contribution in [0.1, 0.15) is 127 Å². The summed E-state index contributed by atoms with van der Waals surface area (Å²) in [6.45, 7) is 17.0. The number of aldehydes is 1. The van der Waals surface area contributed by atoms with Gasteiger partial charge in [0.15, 0.2) is 5.78 Å². The van der Waals surface area contributed by atoms with Crippen LogP contribution in [-0.4, -0.2) is 32.8 Å². The maximum Gasteiger partial charge on any atom is 0.166 e. The SMILES string of the molecule is C=CCCC(C)C=O.CCCCCCC1(CCC)COc2c1ccc(C(=O)C(C)CC)c2CC.CNC. The molecule has 0 fully saturated rings. The normalized spacial score (nSPS) is 17.2. The van der Waals surface area contributed by atoms with E-state index >= 15 is 0 Å². The van der Waals surface area contributed by atoms with E-state index < -0.39 is 0 Å². The molecule has 4 nitrogen and oxygen atoms in total. The Morgan fingerprint density at radius 3 is 2.27 bits per heavy atom. The second-order valence-electron chi connectivity index (χ2n) is 10.6. The molecule has 0 bridgehead atoms. The van der Waals surface area contributed by atoms with E-state index in [1.54, 1.807) is 0 Å². The minimum Gasteiger partial charge on any atom is -0.492 e.